The highest BCUT2D eigenvalue weighted by atomic mass is 35.5. The van der Waals surface area contributed by atoms with Crippen molar-refractivity contribution in [1.29, 1.82) is 0 Å². The lowest BCUT2D eigenvalue weighted by atomic mass is 9.95. The highest BCUT2D eigenvalue weighted by Gasteiger charge is 2.26. The molecule has 0 spiro atoms. The average Bonchev–Trinajstić information content (AvgIpc) is 3.21. The molecule has 4 rings (SSSR count). The molecule has 2 aromatic heterocycles. The number of amides is 1. The Kier molecular flexibility index (Phi) is 9.54. The molecule has 0 radical (unpaired) electrons. The maximum absolute atomic E-state index is 13.4. The molecule has 0 aliphatic carbocycles. The molecule has 0 saturated carbocycles. The molecule has 0 fully saturated rings. The van der Waals surface area contributed by atoms with E-state index < -0.39 is 17.5 Å². The molecule has 1 amide bonds. The molecule has 0 aliphatic heterocycles. The zero-order valence-corrected chi connectivity index (χ0v) is 23.7. The van der Waals surface area contributed by atoms with E-state index in [2.05, 4.69) is 10.6 Å². The van der Waals surface area contributed by atoms with Gasteiger partial charge in [0.2, 0.25) is 0 Å². The van der Waals surface area contributed by atoms with Crippen LogP contribution in [0.15, 0.2) is 70.1 Å². The first kappa shape index (κ1) is 29.5. The Morgan fingerprint density at radius 1 is 1.07 bits per heavy atom. The van der Waals surface area contributed by atoms with Crippen molar-refractivity contribution in [2.75, 3.05) is 26.7 Å². The number of nitrogens with one attached hydrogen (secondary N) is 2. The number of carbonyl (C=O) groups excluding carboxylic acids is 3. The van der Waals surface area contributed by atoms with Crippen LogP contribution in [0.1, 0.15) is 49.1 Å². The number of hydrogen-bond acceptors (Lipinski definition) is 7. The summed E-state index contributed by atoms with van der Waals surface area (Å²) in [6.07, 6.45) is 4.06. The number of hydrogen-bond donors (Lipinski definition) is 2. The van der Waals surface area contributed by atoms with Crippen LogP contribution in [0.5, 0.6) is 0 Å². The number of methoxy groups -OCH3 is 1. The minimum atomic E-state index is -0.713. The van der Waals surface area contributed by atoms with Crippen LogP contribution in [0.4, 0.5) is 0 Å². The maximum atomic E-state index is 13.4. The zero-order valence-electron chi connectivity index (χ0n) is 22.9. The van der Waals surface area contributed by atoms with Crippen molar-refractivity contribution in [3.05, 3.63) is 110 Å². The summed E-state index contributed by atoms with van der Waals surface area (Å²) in [5.74, 6) is -1.38. The van der Waals surface area contributed by atoms with Gasteiger partial charge in [0.15, 0.2) is 0 Å². The van der Waals surface area contributed by atoms with Crippen LogP contribution in [-0.4, -0.2) is 49.4 Å². The summed E-state index contributed by atoms with van der Waals surface area (Å²) in [6.45, 7) is 4.41. The molecule has 2 aromatic carbocycles. The van der Waals surface area contributed by atoms with Crippen LogP contribution in [0.2, 0.25) is 5.02 Å². The summed E-state index contributed by atoms with van der Waals surface area (Å²) in [5.41, 5.74) is 2.77. The largest absolute Gasteiger partial charge is 0.504 e. The number of rotatable bonds is 11. The Balaban J connectivity index is 1.46. The minimum absolute atomic E-state index is 0.0816. The van der Waals surface area contributed by atoms with Gasteiger partial charge in [0.05, 0.1) is 19.3 Å². The standard InChI is InChI=1S/C31H30ClN3O6/c1-19-25(12-15-40-3)28(20(2)35(19)30(38)21-8-10-24(32)11-9-21)23(18-36)17-33-13-14-34-29(37)26-16-22-6-4-5-7-27(22)41-31(26)39/h4-12,15-16,18,23,33H,13-14,17H2,1-3H3,(H,34,37)/b15-12+. The molecule has 0 saturated heterocycles. The first-order valence-corrected chi connectivity index (χ1v) is 13.3. The fraction of sp³-hybridized carbons (Fsp3) is 0.226. The fourth-order valence-electron chi connectivity index (χ4n) is 4.78. The second-order valence-corrected chi connectivity index (χ2v) is 9.81. The van der Waals surface area contributed by atoms with Gasteiger partial charge in [0, 0.05) is 52.6 Å². The van der Waals surface area contributed by atoms with Crippen molar-refractivity contribution < 1.29 is 23.5 Å². The van der Waals surface area contributed by atoms with Gasteiger partial charge in [-0.25, -0.2) is 4.79 Å². The molecule has 1 atom stereocenters. The van der Waals surface area contributed by atoms with Crippen LogP contribution < -0.4 is 16.3 Å². The molecular weight excluding hydrogens is 546 g/mol. The van der Waals surface area contributed by atoms with Gasteiger partial charge in [-0.1, -0.05) is 29.8 Å². The number of halogens is 1. The summed E-state index contributed by atoms with van der Waals surface area (Å²) >= 11 is 5.99. The van der Waals surface area contributed by atoms with E-state index in [1.54, 1.807) is 66.1 Å². The topological polar surface area (TPSA) is 120 Å². The third-order valence-corrected chi connectivity index (χ3v) is 7.03. The van der Waals surface area contributed by atoms with Gasteiger partial charge in [-0.15, -0.1) is 0 Å². The second kappa shape index (κ2) is 13.3. The van der Waals surface area contributed by atoms with Gasteiger partial charge in [-0.05, 0) is 61.9 Å². The van der Waals surface area contributed by atoms with Crippen LogP contribution in [-0.2, 0) is 9.53 Å². The number of nitrogens with zero attached hydrogens (tertiary/aromatic N) is 1. The normalized spacial score (nSPS) is 12.0. The molecule has 1 unspecified atom stereocenters. The molecule has 0 aliphatic rings. The van der Waals surface area contributed by atoms with Gasteiger partial charge in [-0.3, -0.25) is 14.2 Å². The van der Waals surface area contributed by atoms with E-state index in [0.29, 0.717) is 50.6 Å². The van der Waals surface area contributed by atoms with Crippen LogP contribution in [0.3, 0.4) is 0 Å². The summed E-state index contributed by atoms with van der Waals surface area (Å²) < 4.78 is 11.9. The molecule has 0 bridgehead atoms. The van der Waals surface area contributed by atoms with Gasteiger partial charge >= 0.3 is 5.63 Å². The van der Waals surface area contributed by atoms with Crippen molar-refractivity contribution in [2.45, 2.75) is 19.8 Å². The number of ether oxygens (including phenoxy) is 1. The molecule has 9 nitrogen and oxygen atoms in total. The molecule has 2 heterocycles. The first-order chi connectivity index (χ1) is 19.8. The Morgan fingerprint density at radius 3 is 2.51 bits per heavy atom. The highest BCUT2D eigenvalue weighted by molar-refractivity contribution is 6.30. The van der Waals surface area contributed by atoms with E-state index in [9.17, 15) is 19.2 Å². The predicted octanol–water partition coefficient (Wildman–Crippen LogP) is 4.47. The van der Waals surface area contributed by atoms with Crippen molar-refractivity contribution in [3.63, 3.8) is 0 Å². The zero-order chi connectivity index (χ0) is 29.5. The Bertz CT molecular complexity index is 1670. The predicted molar refractivity (Wildman–Crippen MR) is 158 cm³/mol. The molecular formula is C31H30ClN3O6. The van der Waals surface area contributed by atoms with Gasteiger partial charge < -0.3 is 24.6 Å². The van der Waals surface area contributed by atoms with E-state index in [-0.39, 0.29) is 24.6 Å². The fourth-order valence-corrected chi connectivity index (χ4v) is 4.90. The van der Waals surface area contributed by atoms with E-state index in [1.165, 1.54) is 19.4 Å². The van der Waals surface area contributed by atoms with E-state index in [4.69, 9.17) is 20.8 Å². The smallest absolute Gasteiger partial charge is 0.349 e. The quantitative estimate of drug-likeness (QED) is 0.117. The van der Waals surface area contributed by atoms with E-state index >= 15 is 0 Å². The number of aromatic nitrogens is 1. The van der Waals surface area contributed by atoms with E-state index in [0.717, 1.165) is 6.29 Å². The molecule has 10 heteroatoms. The maximum Gasteiger partial charge on any atom is 0.349 e. The van der Waals surface area contributed by atoms with Crippen LogP contribution in [0.25, 0.3) is 17.0 Å². The average molecular weight is 576 g/mol. The third-order valence-electron chi connectivity index (χ3n) is 6.78. The van der Waals surface area contributed by atoms with Gasteiger partial charge in [-0.2, -0.15) is 0 Å². The number of fused-ring (bicyclic) bond motifs is 1. The number of benzene rings is 2. The lowest BCUT2D eigenvalue weighted by molar-refractivity contribution is -0.109. The lowest BCUT2D eigenvalue weighted by Crippen LogP contribution is -2.35. The summed E-state index contributed by atoms with van der Waals surface area (Å²) in [7, 11) is 1.52. The molecule has 41 heavy (non-hydrogen) atoms. The Morgan fingerprint density at radius 2 is 1.80 bits per heavy atom. The molecule has 212 valence electrons. The molecule has 4 aromatic rings. The van der Waals surface area contributed by atoms with Crippen molar-refractivity contribution >= 4 is 46.7 Å². The summed E-state index contributed by atoms with van der Waals surface area (Å²) in [4.78, 5) is 50.5. The van der Waals surface area contributed by atoms with Crippen molar-refractivity contribution in [1.82, 2.24) is 15.2 Å². The molecule has 2 N–H and O–H groups in total. The highest BCUT2D eigenvalue weighted by Crippen LogP contribution is 2.30. The van der Waals surface area contributed by atoms with Crippen LogP contribution in [0, 0.1) is 13.8 Å². The summed E-state index contributed by atoms with van der Waals surface area (Å²) in [5, 5.41) is 7.05. The number of para-hydroxylation sites is 1. The second-order valence-electron chi connectivity index (χ2n) is 9.37. The van der Waals surface area contributed by atoms with Crippen LogP contribution >= 0.6 is 11.6 Å². The number of carbonyl (C=O) groups is 3. The minimum Gasteiger partial charge on any atom is -0.504 e. The first-order valence-electron chi connectivity index (χ1n) is 12.9. The van der Waals surface area contributed by atoms with Crippen molar-refractivity contribution in [3.8, 4) is 0 Å². The lowest BCUT2D eigenvalue weighted by Gasteiger charge is -2.14. The van der Waals surface area contributed by atoms with Gasteiger partial charge in [0.1, 0.15) is 17.4 Å². The van der Waals surface area contributed by atoms with Gasteiger partial charge in [0.25, 0.3) is 11.8 Å². The Labute approximate surface area is 241 Å². The SMILES string of the molecule is CO/C=C/c1c(C(C=O)CNCCNC(=O)c2cc3ccccc3oc2=O)c(C)n(C(=O)c2ccc(Cl)cc2)c1C. The van der Waals surface area contributed by atoms with E-state index in [1.807, 2.05) is 6.92 Å². The Hall–Kier alpha value is -4.47. The summed E-state index contributed by atoms with van der Waals surface area (Å²) in [6, 6.07) is 15.1. The number of aldehydes is 1. The monoisotopic (exact) mass is 575 g/mol. The van der Waals surface area contributed by atoms with Crippen molar-refractivity contribution in [2.24, 2.45) is 0 Å². The third kappa shape index (κ3) is 6.48.